The molecule has 0 aliphatic rings. The van der Waals surface area contributed by atoms with E-state index >= 15 is 0 Å². The maximum atomic E-state index is 12.2. The van der Waals surface area contributed by atoms with E-state index < -0.39 is 5.41 Å². The molecule has 1 N–H and O–H groups in total. The molecule has 0 spiro atoms. The number of hydrogen-bond acceptors (Lipinski definition) is 3. The molecule has 4 nitrogen and oxygen atoms in total. The lowest BCUT2D eigenvalue weighted by Crippen LogP contribution is -2.34. The molecule has 0 saturated carbocycles. The average molecular weight is 362 g/mol. The summed E-state index contributed by atoms with van der Waals surface area (Å²) < 4.78 is 5.53. The molecule has 140 valence electrons. The van der Waals surface area contributed by atoms with Crippen molar-refractivity contribution in [1.29, 1.82) is 0 Å². The van der Waals surface area contributed by atoms with E-state index in [9.17, 15) is 4.79 Å². The van der Waals surface area contributed by atoms with E-state index in [4.69, 9.17) is 4.74 Å². The zero-order valence-electron chi connectivity index (χ0n) is 16.4. The van der Waals surface area contributed by atoms with Gasteiger partial charge in [-0.25, -0.2) is 0 Å². The second-order valence-electron chi connectivity index (χ2n) is 7.58. The van der Waals surface area contributed by atoms with E-state index in [2.05, 4.69) is 34.6 Å². The Hall–Kier alpha value is -2.88. The predicted molar refractivity (Wildman–Crippen MR) is 110 cm³/mol. The molecule has 1 aromatic heterocycles. The average Bonchev–Trinajstić information content (AvgIpc) is 2.66. The molecule has 0 atom stereocenters. The first-order valence-corrected chi connectivity index (χ1v) is 9.27. The Bertz CT molecular complexity index is 941. The van der Waals surface area contributed by atoms with Crippen molar-refractivity contribution >= 4 is 16.7 Å². The van der Waals surface area contributed by atoms with Crippen molar-refractivity contribution in [3.63, 3.8) is 0 Å². The van der Waals surface area contributed by atoms with Gasteiger partial charge in [-0.15, -0.1) is 0 Å². The van der Waals surface area contributed by atoms with Gasteiger partial charge in [-0.2, -0.15) is 0 Å². The van der Waals surface area contributed by atoms with Crippen molar-refractivity contribution in [3.05, 3.63) is 60.4 Å². The lowest BCUT2D eigenvalue weighted by molar-refractivity contribution is -0.128. The topological polar surface area (TPSA) is 51.2 Å². The number of hydrogen-bond donors (Lipinski definition) is 1. The van der Waals surface area contributed by atoms with Crippen LogP contribution in [0.25, 0.3) is 21.9 Å². The highest BCUT2D eigenvalue weighted by molar-refractivity contribution is 5.98. The third-order valence-corrected chi connectivity index (χ3v) is 4.51. The minimum absolute atomic E-state index is 0.0372. The molecule has 0 aliphatic heterocycles. The standard InChI is InChI=1S/C23H26N2O2/c1-5-27-18-9-6-16(7-10-18)19-11-8-17(14-25-22(26)23(2,3)4)21-15-24-13-12-20(19)21/h6-13,15H,5,14H2,1-4H3,(H,25,26). The number of carbonyl (C=O) groups is 1. The molecule has 0 unspecified atom stereocenters. The van der Waals surface area contributed by atoms with Gasteiger partial charge in [-0.3, -0.25) is 9.78 Å². The van der Waals surface area contributed by atoms with E-state index in [1.165, 1.54) is 0 Å². The van der Waals surface area contributed by atoms with Gasteiger partial charge in [0.25, 0.3) is 0 Å². The summed E-state index contributed by atoms with van der Waals surface area (Å²) in [6.45, 7) is 8.86. The summed E-state index contributed by atoms with van der Waals surface area (Å²) in [6, 6.07) is 14.3. The van der Waals surface area contributed by atoms with Crippen LogP contribution in [-0.2, 0) is 11.3 Å². The van der Waals surface area contributed by atoms with Crippen molar-refractivity contribution in [2.45, 2.75) is 34.2 Å². The fourth-order valence-corrected chi connectivity index (χ4v) is 2.99. The van der Waals surface area contributed by atoms with Crippen molar-refractivity contribution < 1.29 is 9.53 Å². The monoisotopic (exact) mass is 362 g/mol. The van der Waals surface area contributed by atoms with Crippen molar-refractivity contribution in [2.75, 3.05) is 6.61 Å². The largest absolute Gasteiger partial charge is 0.494 e. The van der Waals surface area contributed by atoms with Gasteiger partial charge < -0.3 is 10.1 Å². The number of rotatable bonds is 5. The van der Waals surface area contributed by atoms with Gasteiger partial charge in [0, 0.05) is 29.7 Å². The Kier molecular flexibility index (Phi) is 5.45. The van der Waals surface area contributed by atoms with Gasteiger partial charge in [0.05, 0.1) is 6.61 Å². The summed E-state index contributed by atoms with van der Waals surface area (Å²) in [7, 11) is 0. The molecule has 27 heavy (non-hydrogen) atoms. The van der Waals surface area contributed by atoms with Crippen LogP contribution in [-0.4, -0.2) is 17.5 Å². The third kappa shape index (κ3) is 4.27. The quantitative estimate of drug-likeness (QED) is 0.698. The number of carbonyl (C=O) groups excluding carboxylic acids is 1. The Labute approximate surface area is 160 Å². The molecule has 3 rings (SSSR count). The number of amides is 1. The van der Waals surface area contributed by atoms with Crippen molar-refractivity contribution in [1.82, 2.24) is 10.3 Å². The lowest BCUT2D eigenvalue weighted by atomic mass is 9.94. The number of nitrogens with zero attached hydrogens (tertiary/aromatic N) is 1. The molecule has 1 heterocycles. The van der Waals surface area contributed by atoms with Gasteiger partial charge in [0.15, 0.2) is 0 Å². The van der Waals surface area contributed by atoms with Crippen LogP contribution in [0.1, 0.15) is 33.3 Å². The number of fused-ring (bicyclic) bond motifs is 1. The van der Waals surface area contributed by atoms with Crippen LogP contribution in [0.4, 0.5) is 0 Å². The number of pyridine rings is 1. The molecule has 1 amide bonds. The zero-order chi connectivity index (χ0) is 19.4. The lowest BCUT2D eigenvalue weighted by Gasteiger charge is -2.18. The molecule has 4 heteroatoms. The van der Waals surface area contributed by atoms with Crippen LogP contribution in [0.15, 0.2) is 54.9 Å². The molecule has 0 fully saturated rings. The van der Waals surface area contributed by atoms with E-state index in [0.29, 0.717) is 13.2 Å². The van der Waals surface area contributed by atoms with Crippen LogP contribution in [0, 0.1) is 5.41 Å². The van der Waals surface area contributed by atoms with E-state index in [0.717, 1.165) is 33.2 Å². The second kappa shape index (κ2) is 7.78. The molecular weight excluding hydrogens is 336 g/mol. The number of benzene rings is 2. The van der Waals surface area contributed by atoms with Gasteiger partial charge in [0.2, 0.25) is 5.91 Å². The number of aromatic nitrogens is 1. The van der Waals surface area contributed by atoms with Gasteiger partial charge in [-0.1, -0.05) is 45.0 Å². The molecule has 3 aromatic rings. The van der Waals surface area contributed by atoms with Crippen molar-refractivity contribution in [3.8, 4) is 16.9 Å². The fourth-order valence-electron chi connectivity index (χ4n) is 2.99. The summed E-state index contributed by atoms with van der Waals surface area (Å²) in [5.41, 5.74) is 2.92. The molecule has 0 bridgehead atoms. The van der Waals surface area contributed by atoms with E-state index in [1.54, 1.807) is 6.20 Å². The maximum absolute atomic E-state index is 12.2. The van der Waals surface area contributed by atoms with E-state index in [-0.39, 0.29) is 5.91 Å². The summed E-state index contributed by atoms with van der Waals surface area (Å²) in [5, 5.41) is 5.20. The first-order valence-electron chi connectivity index (χ1n) is 9.27. The smallest absolute Gasteiger partial charge is 0.225 e. The second-order valence-corrected chi connectivity index (χ2v) is 7.58. The van der Waals surface area contributed by atoms with Crippen LogP contribution in [0.5, 0.6) is 5.75 Å². The Morgan fingerprint density at radius 1 is 1.04 bits per heavy atom. The maximum Gasteiger partial charge on any atom is 0.225 e. The highest BCUT2D eigenvalue weighted by Crippen LogP contribution is 2.31. The molecule has 0 radical (unpaired) electrons. The molecule has 2 aromatic carbocycles. The highest BCUT2D eigenvalue weighted by Gasteiger charge is 2.21. The third-order valence-electron chi connectivity index (χ3n) is 4.51. The normalized spacial score (nSPS) is 11.4. The Morgan fingerprint density at radius 3 is 2.44 bits per heavy atom. The van der Waals surface area contributed by atoms with Gasteiger partial charge in [0.1, 0.15) is 5.75 Å². The van der Waals surface area contributed by atoms with Crippen molar-refractivity contribution in [2.24, 2.45) is 5.41 Å². The SMILES string of the molecule is CCOc1ccc(-c2ccc(CNC(=O)C(C)(C)C)c3cnccc23)cc1. The highest BCUT2D eigenvalue weighted by atomic mass is 16.5. The minimum atomic E-state index is -0.406. The van der Waals surface area contributed by atoms with E-state index in [1.807, 2.05) is 52.1 Å². The molecule has 0 saturated heterocycles. The number of nitrogens with one attached hydrogen (secondary N) is 1. The van der Waals surface area contributed by atoms with Crippen LogP contribution < -0.4 is 10.1 Å². The van der Waals surface area contributed by atoms with Crippen LogP contribution >= 0.6 is 0 Å². The first kappa shape index (κ1) is 18.9. The minimum Gasteiger partial charge on any atom is -0.494 e. The Balaban J connectivity index is 1.94. The number of ether oxygens (including phenoxy) is 1. The van der Waals surface area contributed by atoms with Gasteiger partial charge in [-0.05, 0) is 47.2 Å². The Morgan fingerprint density at radius 2 is 1.78 bits per heavy atom. The molecule has 0 aliphatic carbocycles. The summed E-state index contributed by atoms with van der Waals surface area (Å²) in [5.74, 6) is 0.906. The van der Waals surface area contributed by atoms with Crippen LogP contribution in [0.2, 0.25) is 0 Å². The summed E-state index contributed by atoms with van der Waals surface area (Å²) in [4.78, 5) is 16.5. The predicted octanol–water partition coefficient (Wildman–Crippen LogP) is 4.96. The first-order chi connectivity index (χ1) is 12.9. The molecular formula is C23H26N2O2. The van der Waals surface area contributed by atoms with Gasteiger partial charge >= 0.3 is 0 Å². The summed E-state index contributed by atoms with van der Waals surface area (Å²) in [6.07, 6.45) is 3.67. The fraction of sp³-hybridized carbons (Fsp3) is 0.304. The van der Waals surface area contributed by atoms with Crippen LogP contribution in [0.3, 0.4) is 0 Å². The summed E-state index contributed by atoms with van der Waals surface area (Å²) >= 11 is 0. The zero-order valence-corrected chi connectivity index (χ0v) is 16.4.